The number of hydrogen-bond donors (Lipinski definition) is 0. The van der Waals surface area contributed by atoms with Gasteiger partial charge in [-0.05, 0) is 24.3 Å². The molecule has 1 aromatic heterocycles. The summed E-state index contributed by atoms with van der Waals surface area (Å²) in [4.78, 5) is 23.7. The van der Waals surface area contributed by atoms with Crippen molar-refractivity contribution in [3.05, 3.63) is 47.0 Å². The zero-order valence-corrected chi connectivity index (χ0v) is 12.3. The fourth-order valence-electron chi connectivity index (χ4n) is 1.97. The van der Waals surface area contributed by atoms with Crippen molar-refractivity contribution in [2.45, 2.75) is 6.18 Å². The van der Waals surface area contributed by atoms with Crippen molar-refractivity contribution in [2.75, 3.05) is 14.2 Å². The Hall–Kier alpha value is -2.91. The van der Waals surface area contributed by atoms with Gasteiger partial charge in [0.1, 0.15) is 11.4 Å². The summed E-state index contributed by atoms with van der Waals surface area (Å²) in [7, 11) is 1.79. The molecule has 0 aliphatic carbocycles. The molecule has 0 amide bonds. The summed E-state index contributed by atoms with van der Waals surface area (Å²) in [6.45, 7) is 0. The van der Waals surface area contributed by atoms with Crippen molar-refractivity contribution in [3.8, 4) is 5.69 Å². The number of carbonyl (C=O) groups excluding carboxylic acids is 2. The van der Waals surface area contributed by atoms with Crippen molar-refractivity contribution in [1.82, 2.24) is 9.78 Å². The Bertz CT molecular complexity index is 781. The predicted octanol–water partition coefficient (Wildman–Crippen LogP) is 2.60. The Morgan fingerprint density at radius 1 is 1.04 bits per heavy atom. The number of alkyl halides is 3. The van der Waals surface area contributed by atoms with Crippen LogP contribution in [0.5, 0.6) is 0 Å². The molecule has 0 atom stereocenters. The van der Waals surface area contributed by atoms with E-state index in [2.05, 4.69) is 14.6 Å². The van der Waals surface area contributed by atoms with Gasteiger partial charge in [0.25, 0.3) is 0 Å². The number of aromatic nitrogens is 2. The molecule has 2 rings (SSSR count). The molecule has 10 heteroatoms. The van der Waals surface area contributed by atoms with Crippen LogP contribution in [0.15, 0.2) is 24.3 Å². The Morgan fingerprint density at radius 2 is 1.58 bits per heavy atom. The van der Waals surface area contributed by atoms with Crippen LogP contribution >= 0.6 is 0 Å². The van der Waals surface area contributed by atoms with E-state index in [1.165, 1.54) is 0 Å². The third kappa shape index (κ3) is 3.07. The van der Waals surface area contributed by atoms with Crippen molar-refractivity contribution >= 4 is 11.9 Å². The van der Waals surface area contributed by atoms with Crippen molar-refractivity contribution in [3.63, 3.8) is 0 Å². The lowest BCUT2D eigenvalue weighted by atomic mass is 10.1. The van der Waals surface area contributed by atoms with E-state index in [1.54, 1.807) is 0 Å². The number of carbonyl (C=O) groups is 2. The molecular weight excluding hydrogens is 336 g/mol. The molecule has 0 aliphatic rings. The highest BCUT2D eigenvalue weighted by molar-refractivity contribution is 6.03. The van der Waals surface area contributed by atoms with Crippen LogP contribution in [-0.4, -0.2) is 35.9 Å². The van der Waals surface area contributed by atoms with Gasteiger partial charge in [-0.15, -0.1) is 0 Å². The van der Waals surface area contributed by atoms with E-state index in [-0.39, 0.29) is 5.69 Å². The quantitative estimate of drug-likeness (QED) is 0.631. The first kappa shape index (κ1) is 17.4. The second kappa shape index (κ2) is 6.30. The van der Waals surface area contributed by atoms with Crippen molar-refractivity contribution < 1.29 is 36.6 Å². The van der Waals surface area contributed by atoms with Gasteiger partial charge in [-0.3, -0.25) is 0 Å². The molecular formula is C14H10F4N2O4. The van der Waals surface area contributed by atoms with E-state index in [0.717, 1.165) is 38.5 Å². The lowest BCUT2D eigenvalue weighted by molar-refractivity contribution is -0.141. The summed E-state index contributed by atoms with van der Waals surface area (Å²) >= 11 is 0. The lowest BCUT2D eigenvalue weighted by Crippen LogP contribution is -2.17. The summed E-state index contributed by atoms with van der Waals surface area (Å²) < 4.78 is 61.9. The summed E-state index contributed by atoms with van der Waals surface area (Å²) in [5, 5.41) is 3.29. The first-order chi connectivity index (χ1) is 11.2. The van der Waals surface area contributed by atoms with E-state index in [4.69, 9.17) is 0 Å². The van der Waals surface area contributed by atoms with E-state index in [9.17, 15) is 27.2 Å². The number of benzene rings is 1. The van der Waals surface area contributed by atoms with E-state index < -0.39 is 40.9 Å². The lowest BCUT2D eigenvalue weighted by Gasteiger charge is -2.07. The average Bonchev–Trinajstić information content (AvgIpc) is 2.94. The highest BCUT2D eigenvalue weighted by Gasteiger charge is 2.44. The number of rotatable bonds is 3. The Kier molecular flexibility index (Phi) is 4.58. The number of hydrogen-bond acceptors (Lipinski definition) is 5. The Morgan fingerprint density at radius 3 is 2.04 bits per heavy atom. The smallest absolute Gasteiger partial charge is 0.436 e. The minimum absolute atomic E-state index is 0.0718. The highest BCUT2D eigenvalue weighted by atomic mass is 19.4. The van der Waals surface area contributed by atoms with Crippen LogP contribution < -0.4 is 0 Å². The van der Waals surface area contributed by atoms with Gasteiger partial charge in [-0.25, -0.2) is 18.7 Å². The molecule has 0 N–H and O–H groups in total. The van der Waals surface area contributed by atoms with E-state index >= 15 is 0 Å². The SMILES string of the molecule is COC(=O)c1c(C(F)(F)F)nn(-c2ccc(F)cc2)c1C(=O)OC. The molecule has 0 fully saturated rings. The van der Waals surface area contributed by atoms with Gasteiger partial charge in [0.15, 0.2) is 11.4 Å². The standard InChI is InChI=1S/C14H10F4N2O4/c1-23-12(21)9-10(13(22)24-2)20(19-11(9)14(16,17)18)8-5-3-7(15)4-6-8/h3-6H,1-2H3. The van der Waals surface area contributed by atoms with Crippen LogP contribution in [0.1, 0.15) is 26.5 Å². The minimum Gasteiger partial charge on any atom is -0.465 e. The molecule has 0 aliphatic heterocycles. The molecule has 0 unspecified atom stereocenters. The topological polar surface area (TPSA) is 70.4 Å². The zero-order chi connectivity index (χ0) is 18.1. The van der Waals surface area contributed by atoms with Gasteiger partial charge < -0.3 is 9.47 Å². The minimum atomic E-state index is -5.03. The third-order valence-corrected chi connectivity index (χ3v) is 2.99. The average molecular weight is 346 g/mol. The molecule has 0 radical (unpaired) electrons. The molecule has 0 bridgehead atoms. The van der Waals surface area contributed by atoms with Gasteiger partial charge >= 0.3 is 18.1 Å². The molecule has 128 valence electrons. The molecule has 6 nitrogen and oxygen atoms in total. The van der Waals surface area contributed by atoms with E-state index in [1.807, 2.05) is 0 Å². The van der Waals surface area contributed by atoms with Crippen LogP contribution in [0.4, 0.5) is 17.6 Å². The summed E-state index contributed by atoms with van der Waals surface area (Å²) in [6, 6.07) is 4.11. The number of ether oxygens (including phenoxy) is 2. The molecule has 0 saturated heterocycles. The van der Waals surface area contributed by atoms with Crippen LogP contribution in [-0.2, 0) is 15.7 Å². The normalized spacial score (nSPS) is 11.2. The Labute approximate surface area is 132 Å². The second-order valence-electron chi connectivity index (χ2n) is 4.44. The van der Waals surface area contributed by atoms with Crippen LogP contribution in [0.3, 0.4) is 0 Å². The van der Waals surface area contributed by atoms with Crippen LogP contribution in [0.2, 0.25) is 0 Å². The van der Waals surface area contributed by atoms with Gasteiger partial charge in [-0.2, -0.15) is 18.3 Å². The monoisotopic (exact) mass is 346 g/mol. The maximum absolute atomic E-state index is 13.2. The number of nitrogens with zero attached hydrogens (tertiary/aromatic N) is 2. The zero-order valence-electron chi connectivity index (χ0n) is 12.3. The van der Waals surface area contributed by atoms with Gasteiger partial charge in [0.05, 0.1) is 19.9 Å². The Balaban J connectivity index is 2.83. The molecule has 1 heterocycles. The molecule has 24 heavy (non-hydrogen) atoms. The third-order valence-electron chi connectivity index (χ3n) is 2.99. The van der Waals surface area contributed by atoms with E-state index in [0.29, 0.717) is 4.68 Å². The summed E-state index contributed by atoms with van der Waals surface area (Å²) in [6.07, 6.45) is -5.03. The largest absolute Gasteiger partial charge is 0.465 e. The molecule has 2 aromatic rings. The van der Waals surface area contributed by atoms with Crippen LogP contribution in [0.25, 0.3) is 5.69 Å². The number of methoxy groups -OCH3 is 2. The van der Waals surface area contributed by atoms with Gasteiger partial charge in [0, 0.05) is 0 Å². The second-order valence-corrected chi connectivity index (χ2v) is 4.44. The van der Waals surface area contributed by atoms with Gasteiger partial charge in [-0.1, -0.05) is 0 Å². The van der Waals surface area contributed by atoms with Crippen LogP contribution in [0, 0.1) is 5.82 Å². The fraction of sp³-hybridized carbons (Fsp3) is 0.214. The highest BCUT2D eigenvalue weighted by Crippen LogP contribution is 2.34. The maximum atomic E-state index is 13.2. The van der Waals surface area contributed by atoms with Crippen molar-refractivity contribution in [1.29, 1.82) is 0 Å². The molecule has 1 aromatic carbocycles. The molecule has 0 spiro atoms. The summed E-state index contributed by atoms with van der Waals surface area (Å²) in [5.74, 6) is -3.28. The fourth-order valence-corrected chi connectivity index (χ4v) is 1.97. The first-order valence-corrected chi connectivity index (χ1v) is 6.33. The summed E-state index contributed by atoms with van der Waals surface area (Å²) in [5.41, 5.74) is -3.54. The maximum Gasteiger partial charge on any atom is 0.436 e. The predicted molar refractivity (Wildman–Crippen MR) is 71.2 cm³/mol. The van der Waals surface area contributed by atoms with Crippen molar-refractivity contribution in [2.24, 2.45) is 0 Å². The number of halogens is 4. The van der Waals surface area contributed by atoms with Gasteiger partial charge in [0.2, 0.25) is 0 Å². The first-order valence-electron chi connectivity index (χ1n) is 6.33. The number of esters is 2. The molecule has 0 saturated carbocycles.